The third kappa shape index (κ3) is 4.04. The summed E-state index contributed by atoms with van der Waals surface area (Å²) in [5, 5.41) is 1.15. The van der Waals surface area contributed by atoms with Crippen molar-refractivity contribution < 1.29 is 4.79 Å². The Kier molecular flexibility index (Phi) is 5.35. The number of benzene rings is 2. The van der Waals surface area contributed by atoms with Gasteiger partial charge < -0.3 is 19.7 Å². The van der Waals surface area contributed by atoms with Crippen LogP contribution in [0.1, 0.15) is 11.1 Å². The van der Waals surface area contributed by atoms with Crippen LogP contribution in [0.25, 0.3) is 10.9 Å². The number of amides is 1. The van der Waals surface area contributed by atoms with Gasteiger partial charge in [-0.25, -0.2) is 0 Å². The molecule has 1 aromatic heterocycles. The van der Waals surface area contributed by atoms with Crippen LogP contribution in [0, 0.1) is 0 Å². The largest absolute Gasteiger partial charge is 0.368 e. The highest BCUT2D eigenvalue weighted by Gasteiger charge is 2.22. The molecule has 1 saturated heterocycles. The minimum Gasteiger partial charge on any atom is -0.368 e. The minimum atomic E-state index is 0.214. The van der Waals surface area contributed by atoms with Crippen molar-refractivity contribution in [3.63, 3.8) is 0 Å². The van der Waals surface area contributed by atoms with Crippen molar-refractivity contribution in [3.05, 3.63) is 65.9 Å². The number of H-pyrrole nitrogens is 1. The Bertz CT molecular complexity index is 954. The molecule has 0 atom stereocenters. The monoisotopic (exact) mass is 376 g/mol. The predicted octanol–water partition coefficient (Wildman–Crippen LogP) is 3.12. The third-order valence-corrected chi connectivity index (χ3v) is 5.42. The van der Waals surface area contributed by atoms with Gasteiger partial charge in [-0.3, -0.25) is 4.79 Å². The van der Waals surface area contributed by atoms with Crippen molar-refractivity contribution in [2.75, 3.05) is 45.2 Å². The average molecular weight is 377 g/mol. The van der Waals surface area contributed by atoms with Crippen LogP contribution >= 0.6 is 0 Å². The Labute approximate surface area is 166 Å². The van der Waals surface area contributed by atoms with E-state index < -0.39 is 0 Å². The Morgan fingerprint density at radius 2 is 1.82 bits per heavy atom. The van der Waals surface area contributed by atoms with Crippen molar-refractivity contribution in [1.82, 2.24) is 14.8 Å². The van der Waals surface area contributed by atoms with Gasteiger partial charge in [0.2, 0.25) is 5.91 Å². The molecule has 3 aromatic rings. The zero-order valence-electron chi connectivity index (χ0n) is 16.7. The number of anilines is 1. The molecule has 0 bridgehead atoms. The lowest BCUT2D eigenvalue weighted by atomic mass is 10.1. The van der Waals surface area contributed by atoms with E-state index >= 15 is 0 Å². The fourth-order valence-electron chi connectivity index (χ4n) is 3.98. The lowest BCUT2D eigenvalue weighted by molar-refractivity contribution is -0.130. The summed E-state index contributed by atoms with van der Waals surface area (Å²) in [6.45, 7) is 4.26. The van der Waals surface area contributed by atoms with E-state index in [1.165, 1.54) is 11.3 Å². The van der Waals surface area contributed by atoms with Crippen LogP contribution in [0.4, 0.5) is 5.69 Å². The first-order valence-corrected chi connectivity index (χ1v) is 9.91. The number of nitrogens with zero attached hydrogens (tertiary/aromatic N) is 3. The second-order valence-electron chi connectivity index (χ2n) is 7.81. The number of nitrogens with one attached hydrogen (secondary N) is 1. The third-order valence-electron chi connectivity index (χ3n) is 5.42. The molecule has 2 heterocycles. The summed E-state index contributed by atoms with van der Waals surface area (Å²) in [5.41, 5.74) is 4.75. The summed E-state index contributed by atoms with van der Waals surface area (Å²) < 4.78 is 0. The van der Waals surface area contributed by atoms with Gasteiger partial charge >= 0.3 is 0 Å². The second-order valence-corrected chi connectivity index (χ2v) is 7.81. The van der Waals surface area contributed by atoms with Gasteiger partial charge in [-0.15, -0.1) is 0 Å². The van der Waals surface area contributed by atoms with Gasteiger partial charge in [0.15, 0.2) is 0 Å². The number of para-hydroxylation sites is 1. The van der Waals surface area contributed by atoms with E-state index in [-0.39, 0.29) is 5.91 Å². The molecule has 0 radical (unpaired) electrons. The SMILES string of the molecule is CN(C)Cc1cccc(N2CCN(C(=O)Cc3c[nH]c4ccccc34)CC2)c1. The maximum Gasteiger partial charge on any atom is 0.227 e. The number of hydrogen-bond donors (Lipinski definition) is 1. The van der Waals surface area contributed by atoms with Crippen molar-refractivity contribution in [1.29, 1.82) is 0 Å². The first-order valence-electron chi connectivity index (χ1n) is 9.91. The molecule has 1 amide bonds. The zero-order valence-corrected chi connectivity index (χ0v) is 16.7. The predicted molar refractivity (Wildman–Crippen MR) is 115 cm³/mol. The van der Waals surface area contributed by atoms with Crippen LogP contribution in [0.3, 0.4) is 0 Å². The van der Waals surface area contributed by atoms with Crippen LogP contribution in [0.15, 0.2) is 54.7 Å². The number of aromatic nitrogens is 1. The van der Waals surface area contributed by atoms with Crippen LogP contribution < -0.4 is 4.90 Å². The summed E-state index contributed by atoms with van der Waals surface area (Å²) in [4.78, 5) is 22.6. The maximum atomic E-state index is 12.8. The molecule has 0 aliphatic carbocycles. The van der Waals surface area contributed by atoms with Crippen LogP contribution in [0.2, 0.25) is 0 Å². The molecule has 146 valence electrons. The second kappa shape index (κ2) is 8.07. The normalized spacial score (nSPS) is 14.8. The molecule has 1 aliphatic heterocycles. The van der Waals surface area contributed by atoms with E-state index in [9.17, 15) is 4.79 Å². The summed E-state index contributed by atoms with van der Waals surface area (Å²) in [7, 11) is 4.18. The number of rotatable bonds is 5. The number of aromatic amines is 1. The number of hydrogen-bond acceptors (Lipinski definition) is 3. The Morgan fingerprint density at radius 1 is 1.04 bits per heavy atom. The highest BCUT2D eigenvalue weighted by Crippen LogP contribution is 2.21. The molecule has 0 unspecified atom stereocenters. The van der Waals surface area contributed by atoms with Gasteiger partial charge in [0, 0.05) is 55.5 Å². The zero-order chi connectivity index (χ0) is 19.5. The summed E-state index contributed by atoms with van der Waals surface area (Å²) in [6.07, 6.45) is 2.43. The van der Waals surface area contributed by atoms with E-state index in [1.807, 2.05) is 29.3 Å². The van der Waals surface area contributed by atoms with Crippen molar-refractivity contribution in [3.8, 4) is 0 Å². The standard InChI is InChI=1S/C23H28N4O/c1-25(2)17-18-6-5-7-20(14-18)26-10-12-27(13-11-26)23(28)15-19-16-24-22-9-4-3-8-21(19)22/h3-9,14,16,24H,10-13,15,17H2,1-2H3. The summed E-state index contributed by atoms with van der Waals surface area (Å²) >= 11 is 0. The van der Waals surface area contributed by atoms with Crippen LogP contribution in [-0.4, -0.2) is 61.0 Å². The quantitative estimate of drug-likeness (QED) is 0.744. The fraction of sp³-hybridized carbons (Fsp3) is 0.348. The van der Waals surface area contributed by atoms with Gasteiger partial charge in [-0.05, 0) is 43.4 Å². The number of piperazine rings is 1. The van der Waals surface area contributed by atoms with E-state index in [1.54, 1.807) is 0 Å². The molecule has 1 fully saturated rings. The molecule has 0 saturated carbocycles. The van der Waals surface area contributed by atoms with Crippen LogP contribution in [-0.2, 0) is 17.8 Å². The average Bonchev–Trinajstić information content (AvgIpc) is 3.11. The van der Waals surface area contributed by atoms with Gasteiger partial charge in [0.05, 0.1) is 6.42 Å². The van der Waals surface area contributed by atoms with Gasteiger partial charge in [-0.1, -0.05) is 30.3 Å². The Balaban J connectivity index is 1.37. The molecule has 2 aromatic carbocycles. The molecule has 1 N–H and O–H groups in total. The molecule has 5 nitrogen and oxygen atoms in total. The van der Waals surface area contributed by atoms with E-state index in [0.717, 1.165) is 49.2 Å². The Morgan fingerprint density at radius 3 is 2.61 bits per heavy atom. The first kappa shape index (κ1) is 18.6. The van der Waals surface area contributed by atoms with Crippen molar-refractivity contribution in [2.45, 2.75) is 13.0 Å². The molecule has 28 heavy (non-hydrogen) atoms. The minimum absolute atomic E-state index is 0.214. The fourth-order valence-corrected chi connectivity index (χ4v) is 3.98. The molecule has 1 aliphatic rings. The lowest BCUT2D eigenvalue weighted by Gasteiger charge is -2.36. The number of carbonyl (C=O) groups excluding carboxylic acids is 1. The lowest BCUT2D eigenvalue weighted by Crippen LogP contribution is -2.49. The van der Waals surface area contributed by atoms with Gasteiger partial charge in [-0.2, -0.15) is 0 Å². The van der Waals surface area contributed by atoms with Crippen LogP contribution in [0.5, 0.6) is 0 Å². The number of carbonyl (C=O) groups is 1. The highest BCUT2D eigenvalue weighted by molar-refractivity contribution is 5.89. The van der Waals surface area contributed by atoms with Crippen molar-refractivity contribution in [2.24, 2.45) is 0 Å². The summed E-state index contributed by atoms with van der Waals surface area (Å²) in [6, 6.07) is 16.9. The molecule has 4 rings (SSSR count). The highest BCUT2D eigenvalue weighted by atomic mass is 16.2. The molecular weight excluding hydrogens is 348 g/mol. The molecule has 5 heteroatoms. The smallest absolute Gasteiger partial charge is 0.227 e. The Hall–Kier alpha value is -2.79. The summed E-state index contributed by atoms with van der Waals surface area (Å²) in [5.74, 6) is 0.214. The maximum absolute atomic E-state index is 12.8. The number of fused-ring (bicyclic) bond motifs is 1. The topological polar surface area (TPSA) is 42.6 Å². The van der Waals surface area contributed by atoms with E-state index in [0.29, 0.717) is 6.42 Å². The van der Waals surface area contributed by atoms with Crippen molar-refractivity contribution >= 4 is 22.5 Å². The first-order chi connectivity index (χ1) is 13.6. The van der Waals surface area contributed by atoms with Gasteiger partial charge in [0.1, 0.15) is 0 Å². The van der Waals surface area contributed by atoms with E-state index in [2.05, 4.69) is 59.2 Å². The van der Waals surface area contributed by atoms with Gasteiger partial charge in [0.25, 0.3) is 0 Å². The molecule has 0 spiro atoms. The van der Waals surface area contributed by atoms with E-state index in [4.69, 9.17) is 0 Å². The molecular formula is C23H28N4O.